The van der Waals surface area contributed by atoms with Crippen LogP contribution in [-0.2, 0) is 0 Å². The summed E-state index contributed by atoms with van der Waals surface area (Å²) in [5, 5.41) is 0. The summed E-state index contributed by atoms with van der Waals surface area (Å²) in [5.41, 5.74) is 3.05. The Morgan fingerprint density at radius 3 is 2.54 bits per heavy atom. The lowest BCUT2D eigenvalue weighted by atomic mass is 9.47. The number of hydrogen-bond donors (Lipinski definition) is 0. The van der Waals surface area contributed by atoms with Crippen molar-refractivity contribution in [3.05, 3.63) is 11.6 Å². The van der Waals surface area contributed by atoms with E-state index < -0.39 is 0 Å². The topological polar surface area (TPSA) is 0 Å². The second-order valence-corrected chi connectivity index (χ2v) is 13.9. The molecule has 4 aliphatic rings. The van der Waals surface area contributed by atoms with Gasteiger partial charge in [0.05, 0.1) is 0 Å². The summed E-state index contributed by atoms with van der Waals surface area (Å²) in [5.74, 6) is 5.79. The van der Waals surface area contributed by atoms with Crippen LogP contribution in [0.25, 0.3) is 0 Å². The van der Waals surface area contributed by atoms with Crippen LogP contribution < -0.4 is 0 Å². The minimum Gasteiger partial charge on any atom is -0.0844 e. The molecule has 0 nitrogen and oxygen atoms in total. The largest absolute Gasteiger partial charge is 0.0844 e. The van der Waals surface area contributed by atoms with Crippen LogP contribution >= 0.6 is 22.6 Å². The second-order valence-electron chi connectivity index (χ2n) is 12.1. The Hall–Kier alpha value is 0.470. The average molecular weight is 497 g/mol. The summed E-state index contributed by atoms with van der Waals surface area (Å²) in [6, 6.07) is 0. The zero-order chi connectivity index (χ0) is 20.1. The number of alkyl halides is 1. The Morgan fingerprint density at radius 1 is 1.00 bits per heavy atom. The maximum Gasteiger partial charge on any atom is 0.0147 e. The first-order chi connectivity index (χ1) is 13.3. The summed E-state index contributed by atoms with van der Waals surface area (Å²) in [7, 11) is 0. The van der Waals surface area contributed by atoms with E-state index in [1.165, 1.54) is 70.6 Å². The number of halogens is 1. The van der Waals surface area contributed by atoms with E-state index in [0.29, 0.717) is 10.8 Å². The minimum atomic E-state index is 0.548. The summed E-state index contributed by atoms with van der Waals surface area (Å²) in [6.45, 7) is 12.8. The lowest BCUT2D eigenvalue weighted by Gasteiger charge is -2.58. The van der Waals surface area contributed by atoms with Crippen molar-refractivity contribution < 1.29 is 0 Å². The van der Waals surface area contributed by atoms with Gasteiger partial charge in [0, 0.05) is 3.92 Å². The van der Waals surface area contributed by atoms with Crippen molar-refractivity contribution in [1.82, 2.24) is 0 Å². The van der Waals surface area contributed by atoms with E-state index in [9.17, 15) is 0 Å². The van der Waals surface area contributed by atoms with E-state index in [4.69, 9.17) is 0 Å². The van der Waals surface area contributed by atoms with Gasteiger partial charge in [0.1, 0.15) is 0 Å². The van der Waals surface area contributed by atoms with Crippen LogP contribution in [0.3, 0.4) is 0 Å². The van der Waals surface area contributed by atoms with Gasteiger partial charge in [-0.3, -0.25) is 0 Å². The molecule has 8 atom stereocenters. The SMILES string of the molecule is CC(C)CCC[C@@H](C)[C@H]1CC[C@H]2[C@@H]3CC=C4CC(I)CC[C@]4(C)[C@H]3CC[C@]12C. The quantitative estimate of drug-likeness (QED) is 0.203. The van der Waals surface area contributed by atoms with Crippen LogP contribution in [0.2, 0.25) is 0 Å². The lowest BCUT2D eigenvalue weighted by molar-refractivity contribution is -0.0495. The predicted molar refractivity (Wildman–Crippen MR) is 131 cm³/mol. The zero-order valence-corrected chi connectivity index (χ0v) is 21.4. The standard InChI is InChI=1S/C27H45I/c1-18(2)7-6-8-19(3)23-11-12-24-22-10-9-20-17-21(28)13-15-26(20,4)25(22)14-16-27(23,24)5/h9,18-19,21-25H,6-8,10-17H2,1-5H3/t19-,21?,22+,23-,24+,25+,26+,27-/m1/s1. The Kier molecular flexibility index (Phi) is 6.35. The highest BCUT2D eigenvalue weighted by Gasteiger charge is 2.58. The average Bonchev–Trinajstić information content (AvgIpc) is 2.99. The van der Waals surface area contributed by atoms with Crippen molar-refractivity contribution >= 4 is 22.6 Å². The maximum atomic E-state index is 2.75. The van der Waals surface area contributed by atoms with Gasteiger partial charge >= 0.3 is 0 Å². The second kappa shape index (κ2) is 8.19. The molecule has 0 aromatic heterocycles. The zero-order valence-electron chi connectivity index (χ0n) is 19.3. The molecule has 0 bridgehead atoms. The molecule has 1 unspecified atom stereocenters. The molecule has 160 valence electrons. The van der Waals surface area contributed by atoms with Crippen LogP contribution in [0.15, 0.2) is 11.6 Å². The van der Waals surface area contributed by atoms with Gasteiger partial charge < -0.3 is 0 Å². The van der Waals surface area contributed by atoms with Gasteiger partial charge in [0.25, 0.3) is 0 Å². The van der Waals surface area contributed by atoms with Gasteiger partial charge in [-0.1, -0.05) is 88.1 Å². The molecule has 0 aromatic rings. The van der Waals surface area contributed by atoms with E-state index in [0.717, 1.165) is 39.4 Å². The Balaban J connectivity index is 1.49. The summed E-state index contributed by atoms with van der Waals surface area (Å²) in [4.78, 5) is 0. The smallest absolute Gasteiger partial charge is 0.0147 e. The molecule has 0 aliphatic heterocycles. The molecule has 0 N–H and O–H groups in total. The van der Waals surface area contributed by atoms with Crippen LogP contribution in [0.5, 0.6) is 0 Å². The molecular weight excluding hydrogens is 451 g/mol. The Bertz CT molecular complexity index is 591. The van der Waals surface area contributed by atoms with E-state index in [1.54, 1.807) is 0 Å². The third-order valence-electron chi connectivity index (χ3n) is 10.2. The molecule has 3 fully saturated rings. The number of allylic oxidation sites excluding steroid dienone is 2. The fourth-order valence-corrected chi connectivity index (χ4v) is 9.43. The Labute approximate surface area is 189 Å². The predicted octanol–water partition coefficient (Wildman–Crippen LogP) is 8.83. The van der Waals surface area contributed by atoms with Crippen LogP contribution in [0, 0.1) is 46.3 Å². The van der Waals surface area contributed by atoms with Crippen molar-refractivity contribution in [2.45, 2.75) is 109 Å². The first-order valence-corrected chi connectivity index (χ1v) is 13.8. The molecule has 28 heavy (non-hydrogen) atoms. The molecule has 3 saturated carbocycles. The van der Waals surface area contributed by atoms with Crippen LogP contribution in [0.1, 0.15) is 105 Å². The monoisotopic (exact) mass is 496 g/mol. The molecule has 0 saturated heterocycles. The summed E-state index contributed by atoms with van der Waals surface area (Å²) in [6.07, 6.45) is 18.9. The van der Waals surface area contributed by atoms with Gasteiger partial charge in [-0.25, -0.2) is 0 Å². The van der Waals surface area contributed by atoms with E-state index in [1.807, 2.05) is 5.57 Å². The summed E-state index contributed by atoms with van der Waals surface area (Å²) < 4.78 is 0.893. The van der Waals surface area contributed by atoms with Crippen molar-refractivity contribution in [2.75, 3.05) is 0 Å². The lowest BCUT2D eigenvalue weighted by Crippen LogP contribution is -2.50. The highest BCUT2D eigenvalue weighted by molar-refractivity contribution is 14.1. The molecule has 4 aliphatic carbocycles. The van der Waals surface area contributed by atoms with Crippen molar-refractivity contribution in [3.63, 3.8) is 0 Å². The minimum absolute atomic E-state index is 0.548. The number of rotatable bonds is 5. The first-order valence-electron chi connectivity index (χ1n) is 12.6. The third-order valence-corrected chi connectivity index (χ3v) is 11.3. The molecule has 0 heterocycles. The molecular formula is C27H45I. The highest BCUT2D eigenvalue weighted by Crippen LogP contribution is 2.67. The van der Waals surface area contributed by atoms with Gasteiger partial charge in [-0.2, -0.15) is 0 Å². The van der Waals surface area contributed by atoms with Crippen molar-refractivity contribution in [2.24, 2.45) is 46.3 Å². The van der Waals surface area contributed by atoms with E-state index in [-0.39, 0.29) is 0 Å². The first kappa shape index (κ1) is 21.7. The van der Waals surface area contributed by atoms with Crippen molar-refractivity contribution in [1.29, 1.82) is 0 Å². The van der Waals surface area contributed by atoms with E-state index >= 15 is 0 Å². The molecule has 1 heteroatoms. The number of fused-ring (bicyclic) bond motifs is 5. The van der Waals surface area contributed by atoms with Crippen LogP contribution in [-0.4, -0.2) is 3.92 Å². The van der Waals surface area contributed by atoms with Crippen molar-refractivity contribution in [3.8, 4) is 0 Å². The van der Waals surface area contributed by atoms with E-state index in [2.05, 4.69) is 63.3 Å². The van der Waals surface area contributed by atoms with Gasteiger partial charge in [-0.15, -0.1) is 0 Å². The normalized spacial score (nSPS) is 46.5. The molecule has 0 amide bonds. The number of hydrogen-bond acceptors (Lipinski definition) is 0. The molecule has 4 rings (SSSR count). The fourth-order valence-electron chi connectivity index (χ4n) is 8.64. The van der Waals surface area contributed by atoms with Gasteiger partial charge in [-0.05, 0) is 97.7 Å². The third kappa shape index (κ3) is 3.66. The molecule has 0 aromatic carbocycles. The van der Waals surface area contributed by atoms with Gasteiger partial charge in [0.2, 0.25) is 0 Å². The molecule has 0 radical (unpaired) electrons. The Morgan fingerprint density at radius 2 is 1.79 bits per heavy atom. The molecule has 0 spiro atoms. The fraction of sp³-hybridized carbons (Fsp3) is 0.926. The highest BCUT2D eigenvalue weighted by atomic mass is 127. The van der Waals surface area contributed by atoms with Gasteiger partial charge in [0.15, 0.2) is 0 Å². The van der Waals surface area contributed by atoms with Crippen LogP contribution in [0.4, 0.5) is 0 Å². The maximum absolute atomic E-state index is 2.75. The summed E-state index contributed by atoms with van der Waals surface area (Å²) >= 11 is 2.71.